The molecule has 5 rings (SSSR count). The van der Waals surface area contributed by atoms with Crippen LogP contribution in [0.1, 0.15) is 16.1 Å². The largest absolute Gasteiger partial charge is 0.489 e. The van der Waals surface area contributed by atoms with E-state index in [0.29, 0.717) is 44.2 Å². The second kappa shape index (κ2) is 9.89. The molecule has 0 aliphatic carbocycles. The van der Waals surface area contributed by atoms with Crippen LogP contribution in [0, 0.1) is 0 Å². The number of pyridine rings is 1. The fourth-order valence-electron chi connectivity index (χ4n) is 4.28. The third kappa shape index (κ3) is 4.96. The van der Waals surface area contributed by atoms with E-state index in [1.807, 2.05) is 66.2 Å². The van der Waals surface area contributed by atoms with Gasteiger partial charge in [0.15, 0.2) is 0 Å². The lowest BCUT2D eigenvalue weighted by molar-refractivity contribution is 0.0662. The van der Waals surface area contributed by atoms with Crippen LogP contribution in [0.5, 0.6) is 5.75 Å². The molecule has 0 spiro atoms. The van der Waals surface area contributed by atoms with E-state index in [9.17, 15) is 9.59 Å². The van der Waals surface area contributed by atoms with Gasteiger partial charge < -0.3 is 24.4 Å². The summed E-state index contributed by atoms with van der Waals surface area (Å²) in [6, 6.07) is 21.2. The quantitative estimate of drug-likeness (QED) is 0.476. The molecule has 1 aliphatic rings. The van der Waals surface area contributed by atoms with Crippen molar-refractivity contribution in [1.82, 2.24) is 19.4 Å². The van der Waals surface area contributed by atoms with Crippen molar-refractivity contribution < 1.29 is 14.3 Å². The van der Waals surface area contributed by atoms with E-state index in [2.05, 4.69) is 10.3 Å². The molecule has 0 unspecified atom stereocenters. The van der Waals surface area contributed by atoms with Crippen molar-refractivity contribution in [2.75, 3.05) is 31.5 Å². The van der Waals surface area contributed by atoms with Crippen molar-refractivity contribution in [1.29, 1.82) is 0 Å². The van der Waals surface area contributed by atoms with Gasteiger partial charge in [0.25, 0.3) is 5.91 Å². The van der Waals surface area contributed by atoms with Gasteiger partial charge in [-0.2, -0.15) is 0 Å². The zero-order valence-corrected chi connectivity index (χ0v) is 19.6. The molecule has 0 radical (unpaired) electrons. The highest BCUT2D eigenvalue weighted by molar-refractivity contribution is 5.99. The fourth-order valence-corrected chi connectivity index (χ4v) is 4.28. The lowest BCUT2D eigenvalue weighted by Crippen LogP contribution is -2.51. The maximum Gasteiger partial charge on any atom is 0.322 e. The smallest absolute Gasteiger partial charge is 0.322 e. The van der Waals surface area contributed by atoms with E-state index in [-0.39, 0.29) is 11.9 Å². The molecule has 178 valence electrons. The first kappa shape index (κ1) is 22.5. The van der Waals surface area contributed by atoms with Crippen molar-refractivity contribution in [2.24, 2.45) is 7.05 Å². The van der Waals surface area contributed by atoms with E-state index in [4.69, 9.17) is 4.74 Å². The monoisotopic (exact) mass is 469 g/mol. The van der Waals surface area contributed by atoms with E-state index < -0.39 is 0 Å². The molecule has 1 aliphatic heterocycles. The molecule has 8 nitrogen and oxygen atoms in total. The summed E-state index contributed by atoms with van der Waals surface area (Å²) in [4.78, 5) is 33.4. The summed E-state index contributed by atoms with van der Waals surface area (Å²) in [5.74, 6) is 0.724. The Kier molecular flexibility index (Phi) is 6.34. The van der Waals surface area contributed by atoms with Gasteiger partial charge in [-0.25, -0.2) is 4.79 Å². The molecule has 0 bridgehead atoms. The van der Waals surface area contributed by atoms with Gasteiger partial charge in [-0.1, -0.05) is 30.3 Å². The van der Waals surface area contributed by atoms with Gasteiger partial charge in [-0.05, 0) is 42.0 Å². The fraction of sp³-hybridized carbons (Fsp3) is 0.222. The molecule has 2 aromatic heterocycles. The average molecular weight is 470 g/mol. The van der Waals surface area contributed by atoms with Crippen molar-refractivity contribution in [3.05, 3.63) is 90.4 Å². The van der Waals surface area contributed by atoms with Gasteiger partial charge in [0.1, 0.15) is 18.1 Å². The normalized spacial score (nSPS) is 13.6. The number of aryl methyl sites for hydroxylation is 1. The standard InChI is InChI=1S/C27H27N5O3/c1-30-24-10-9-23(35-19-20-6-3-2-4-7-20)16-21(24)17-25(30)26(33)31-12-14-32(15-13-31)27(34)29-22-8-5-11-28-18-22/h2-11,16-18H,12-15,19H2,1H3,(H,29,34). The number of ether oxygens (including phenoxy) is 1. The zero-order chi connectivity index (χ0) is 24.2. The van der Waals surface area contributed by atoms with Crippen LogP contribution in [-0.2, 0) is 13.7 Å². The number of nitrogens with zero attached hydrogens (tertiary/aromatic N) is 4. The molecule has 0 saturated carbocycles. The minimum Gasteiger partial charge on any atom is -0.489 e. The Hall–Kier alpha value is -4.33. The Labute approximate surface area is 203 Å². The Bertz CT molecular complexity index is 1330. The van der Waals surface area contributed by atoms with Crippen molar-refractivity contribution in [2.45, 2.75) is 6.61 Å². The van der Waals surface area contributed by atoms with Gasteiger partial charge in [-0.3, -0.25) is 9.78 Å². The van der Waals surface area contributed by atoms with Gasteiger partial charge in [0.05, 0.1) is 11.9 Å². The highest BCUT2D eigenvalue weighted by atomic mass is 16.5. The van der Waals surface area contributed by atoms with Crippen molar-refractivity contribution in [3.63, 3.8) is 0 Å². The number of amides is 3. The summed E-state index contributed by atoms with van der Waals surface area (Å²) in [6.07, 6.45) is 3.27. The summed E-state index contributed by atoms with van der Waals surface area (Å²) in [7, 11) is 1.90. The number of benzene rings is 2. The van der Waals surface area contributed by atoms with Crippen LogP contribution < -0.4 is 10.1 Å². The van der Waals surface area contributed by atoms with Crippen LogP contribution in [0.2, 0.25) is 0 Å². The third-order valence-corrected chi connectivity index (χ3v) is 6.25. The second-order valence-corrected chi connectivity index (χ2v) is 8.53. The number of piperazine rings is 1. The van der Waals surface area contributed by atoms with Crippen LogP contribution in [-0.4, -0.2) is 57.5 Å². The van der Waals surface area contributed by atoms with Crippen LogP contribution in [0.4, 0.5) is 10.5 Å². The number of urea groups is 1. The van der Waals surface area contributed by atoms with Crippen LogP contribution in [0.15, 0.2) is 79.1 Å². The minimum atomic E-state index is -0.183. The number of fused-ring (bicyclic) bond motifs is 1. The molecule has 1 saturated heterocycles. The number of carbonyl (C=O) groups excluding carboxylic acids is 2. The second-order valence-electron chi connectivity index (χ2n) is 8.53. The highest BCUT2D eigenvalue weighted by Gasteiger charge is 2.26. The lowest BCUT2D eigenvalue weighted by Gasteiger charge is -2.34. The third-order valence-electron chi connectivity index (χ3n) is 6.25. The lowest BCUT2D eigenvalue weighted by atomic mass is 10.2. The van der Waals surface area contributed by atoms with Gasteiger partial charge >= 0.3 is 6.03 Å². The number of aromatic nitrogens is 2. The average Bonchev–Trinajstić information content (AvgIpc) is 3.24. The Morgan fingerprint density at radius 1 is 0.943 bits per heavy atom. The van der Waals surface area contributed by atoms with Crippen LogP contribution in [0.25, 0.3) is 10.9 Å². The molecule has 2 aromatic carbocycles. The molecule has 8 heteroatoms. The number of anilines is 1. The molecule has 0 atom stereocenters. The number of hydrogen-bond donors (Lipinski definition) is 1. The predicted molar refractivity (Wildman–Crippen MR) is 134 cm³/mol. The van der Waals surface area contributed by atoms with E-state index in [1.165, 1.54) is 0 Å². The molecular formula is C27H27N5O3. The first-order chi connectivity index (χ1) is 17.1. The van der Waals surface area contributed by atoms with E-state index in [1.54, 1.807) is 34.3 Å². The summed E-state index contributed by atoms with van der Waals surface area (Å²) < 4.78 is 7.87. The maximum atomic E-state index is 13.3. The number of nitrogens with one attached hydrogen (secondary N) is 1. The van der Waals surface area contributed by atoms with Crippen molar-refractivity contribution in [3.8, 4) is 5.75 Å². The topological polar surface area (TPSA) is 79.7 Å². The highest BCUT2D eigenvalue weighted by Crippen LogP contribution is 2.25. The first-order valence-electron chi connectivity index (χ1n) is 11.6. The predicted octanol–water partition coefficient (Wildman–Crippen LogP) is 4.14. The molecule has 4 aromatic rings. The number of carbonyl (C=O) groups is 2. The molecule has 1 fully saturated rings. The minimum absolute atomic E-state index is 0.0391. The summed E-state index contributed by atoms with van der Waals surface area (Å²) >= 11 is 0. The molecule has 35 heavy (non-hydrogen) atoms. The van der Waals surface area contributed by atoms with Gasteiger partial charge in [-0.15, -0.1) is 0 Å². The van der Waals surface area contributed by atoms with Gasteiger partial charge in [0, 0.05) is 50.3 Å². The number of hydrogen-bond acceptors (Lipinski definition) is 4. The van der Waals surface area contributed by atoms with E-state index >= 15 is 0 Å². The molecular weight excluding hydrogens is 442 g/mol. The Morgan fingerprint density at radius 3 is 2.46 bits per heavy atom. The van der Waals surface area contributed by atoms with E-state index in [0.717, 1.165) is 22.2 Å². The first-order valence-corrected chi connectivity index (χ1v) is 11.6. The van der Waals surface area contributed by atoms with Gasteiger partial charge in [0.2, 0.25) is 0 Å². The SMILES string of the molecule is Cn1c(C(=O)N2CCN(C(=O)Nc3cccnc3)CC2)cc2cc(OCc3ccccc3)ccc21. The zero-order valence-electron chi connectivity index (χ0n) is 19.6. The summed E-state index contributed by atoms with van der Waals surface area (Å²) in [5.41, 5.74) is 3.34. The summed E-state index contributed by atoms with van der Waals surface area (Å²) in [6.45, 7) is 2.39. The molecule has 1 N–H and O–H groups in total. The van der Waals surface area contributed by atoms with Crippen molar-refractivity contribution >= 4 is 28.5 Å². The Morgan fingerprint density at radius 2 is 1.71 bits per heavy atom. The Balaban J connectivity index is 1.22. The molecule has 3 amide bonds. The number of rotatable bonds is 5. The maximum absolute atomic E-state index is 13.3. The van der Waals surface area contributed by atoms with Crippen LogP contribution >= 0.6 is 0 Å². The molecule has 3 heterocycles. The summed E-state index contributed by atoms with van der Waals surface area (Å²) in [5, 5.41) is 3.80. The van der Waals surface area contributed by atoms with Crippen LogP contribution in [0.3, 0.4) is 0 Å².